The molecule has 1 fully saturated rings. The van der Waals surface area contributed by atoms with Gasteiger partial charge in [0.25, 0.3) is 5.91 Å². The molecule has 1 amide bonds. The van der Waals surface area contributed by atoms with Gasteiger partial charge in [0.2, 0.25) is 0 Å². The minimum absolute atomic E-state index is 0.0410. The van der Waals surface area contributed by atoms with E-state index in [1.165, 1.54) is 11.3 Å². The largest absolute Gasteiger partial charge is 0.457 e. The molecular formula is C23H22N2O3S. The van der Waals surface area contributed by atoms with Gasteiger partial charge in [0, 0.05) is 26.2 Å². The number of carbonyl (C=O) groups is 2. The van der Waals surface area contributed by atoms with Gasteiger partial charge in [0.15, 0.2) is 5.78 Å². The monoisotopic (exact) mass is 406 g/mol. The van der Waals surface area contributed by atoms with Crippen molar-refractivity contribution in [3.63, 3.8) is 0 Å². The van der Waals surface area contributed by atoms with Crippen molar-refractivity contribution in [2.45, 2.75) is 0 Å². The van der Waals surface area contributed by atoms with Crippen LogP contribution in [-0.2, 0) is 0 Å². The van der Waals surface area contributed by atoms with Gasteiger partial charge in [-0.3, -0.25) is 14.5 Å². The van der Waals surface area contributed by atoms with Gasteiger partial charge in [-0.1, -0.05) is 36.4 Å². The third kappa shape index (κ3) is 4.72. The number of hydrogen-bond donors (Lipinski definition) is 0. The maximum atomic E-state index is 13.1. The lowest BCUT2D eigenvalue weighted by atomic mass is 10.1. The fourth-order valence-corrected chi connectivity index (χ4v) is 4.00. The van der Waals surface area contributed by atoms with Crippen LogP contribution in [0.25, 0.3) is 0 Å². The van der Waals surface area contributed by atoms with Crippen LogP contribution in [0.4, 0.5) is 0 Å². The molecule has 0 unspecified atom stereocenters. The number of nitrogens with zero attached hydrogens (tertiary/aromatic N) is 2. The summed E-state index contributed by atoms with van der Waals surface area (Å²) in [7, 11) is 0. The van der Waals surface area contributed by atoms with E-state index in [0.717, 1.165) is 4.88 Å². The first-order valence-corrected chi connectivity index (χ1v) is 10.5. The number of benzene rings is 2. The van der Waals surface area contributed by atoms with E-state index >= 15 is 0 Å². The molecule has 1 aliphatic heterocycles. The molecule has 6 heteroatoms. The van der Waals surface area contributed by atoms with E-state index in [1.807, 2.05) is 70.9 Å². The topological polar surface area (TPSA) is 49.9 Å². The van der Waals surface area contributed by atoms with Crippen LogP contribution in [0.1, 0.15) is 20.0 Å². The van der Waals surface area contributed by atoms with Crippen molar-refractivity contribution in [1.29, 1.82) is 0 Å². The van der Waals surface area contributed by atoms with E-state index in [0.29, 0.717) is 49.8 Å². The van der Waals surface area contributed by atoms with Crippen LogP contribution in [-0.4, -0.2) is 54.2 Å². The normalized spacial score (nSPS) is 14.6. The second kappa shape index (κ2) is 9.03. The van der Waals surface area contributed by atoms with E-state index in [-0.39, 0.29) is 11.7 Å². The molecule has 29 heavy (non-hydrogen) atoms. The van der Waals surface area contributed by atoms with Crippen LogP contribution < -0.4 is 4.74 Å². The second-order valence-electron chi connectivity index (χ2n) is 6.88. The number of amides is 1. The molecule has 1 aromatic heterocycles. The van der Waals surface area contributed by atoms with Gasteiger partial charge in [0.1, 0.15) is 11.5 Å². The fourth-order valence-electron chi connectivity index (χ4n) is 3.35. The molecule has 0 bridgehead atoms. The Morgan fingerprint density at radius 1 is 0.862 bits per heavy atom. The predicted octanol–water partition coefficient (Wildman–Crippen LogP) is 4.18. The highest BCUT2D eigenvalue weighted by molar-refractivity contribution is 7.12. The predicted molar refractivity (Wildman–Crippen MR) is 114 cm³/mol. The molecule has 0 atom stereocenters. The third-order valence-corrected chi connectivity index (χ3v) is 5.82. The van der Waals surface area contributed by atoms with Crippen LogP contribution in [0.2, 0.25) is 0 Å². The quantitative estimate of drug-likeness (QED) is 0.576. The molecule has 2 aromatic carbocycles. The Hall–Kier alpha value is -2.96. The fraction of sp³-hybridized carbons (Fsp3) is 0.217. The number of carbonyl (C=O) groups excluding carboxylic acids is 2. The summed E-state index contributed by atoms with van der Waals surface area (Å²) in [6, 6.07) is 20.5. The molecule has 2 heterocycles. The van der Waals surface area contributed by atoms with Gasteiger partial charge >= 0.3 is 0 Å². The SMILES string of the molecule is O=C(CN1CCN(C(=O)c2ccccc2Oc2ccccc2)CC1)c1cccs1. The smallest absolute Gasteiger partial charge is 0.257 e. The van der Waals surface area contributed by atoms with Gasteiger partial charge in [0.05, 0.1) is 17.0 Å². The maximum absolute atomic E-state index is 13.1. The van der Waals surface area contributed by atoms with Crippen molar-refractivity contribution in [2.75, 3.05) is 32.7 Å². The summed E-state index contributed by atoms with van der Waals surface area (Å²) in [5.74, 6) is 1.35. The van der Waals surface area contributed by atoms with Crippen molar-refractivity contribution < 1.29 is 14.3 Å². The Balaban J connectivity index is 1.38. The van der Waals surface area contributed by atoms with Crippen molar-refractivity contribution in [1.82, 2.24) is 9.80 Å². The van der Waals surface area contributed by atoms with Crippen molar-refractivity contribution in [3.05, 3.63) is 82.6 Å². The van der Waals surface area contributed by atoms with Gasteiger partial charge in [-0.25, -0.2) is 0 Å². The summed E-state index contributed by atoms with van der Waals surface area (Å²) in [6.45, 7) is 2.96. The molecular weight excluding hydrogens is 384 g/mol. The number of thiophene rings is 1. The Morgan fingerprint density at radius 3 is 2.31 bits per heavy atom. The molecule has 0 saturated carbocycles. The highest BCUT2D eigenvalue weighted by atomic mass is 32.1. The number of ketones is 1. The Labute approximate surface area is 174 Å². The third-order valence-electron chi connectivity index (χ3n) is 4.91. The van der Waals surface area contributed by atoms with Crippen molar-refractivity contribution in [3.8, 4) is 11.5 Å². The average molecular weight is 407 g/mol. The van der Waals surface area contributed by atoms with Gasteiger partial charge in [-0.05, 0) is 35.7 Å². The molecule has 0 aliphatic carbocycles. The molecule has 0 N–H and O–H groups in total. The van der Waals surface area contributed by atoms with Crippen molar-refractivity contribution >= 4 is 23.0 Å². The van der Waals surface area contributed by atoms with E-state index in [1.54, 1.807) is 6.07 Å². The first-order valence-electron chi connectivity index (χ1n) is 9.61. The van der Waals surface area contributed by atoms with Crippen LogP contribution in [0.15, 0.2) is 72.1 Å². The molecule has 148 valence electrons. The summed E-state index contributed by atoms with van der Waals surface area (Å²) in [5, 5.41) is 1.92. The number of hydrogen-bond acceptors (Lipinski definition) is 5. The molecule has 1 saturated heterocycles. The molecule has 1 aliphatic rings. The number of para-hydroxylation sites is 2. The van der Waals surface area contributed by atoms with Crippen molar-refractivity contribution in [2.24, 2.45) is 0 Å². The van der Waals surface area contributed by atoms with Crippen LogP contribution >= 0.6 is 11.3 Å². The Morgan fingerprint density at radius 2 is 1.59 bits per heavy atom. The zero-order valence-electron chi connectivity index (χ0n) is 16.0. The van der Waals surface area contributed by atoms with Crippen LogP contribution in [0, 0.1) is 0 Å². The highest BCUT2D eigenvalue weighted by Crippen LogP contribution is 2.26. The Bertz CT molecular complexity index is 965. The highest BCUT2D eigenvalue weighted by Gasteiger charge is 2.25. The zero-order valence-corrected chi connectivity index (χ0v) is 16.8. The molecule has 0 radical (unpaired) electrons. The number of piperazine rings is 1. The molecule has 3 aromatic rings. The lowest BCUT2D eigenvalue weighted by Crippen LogP contribution is -2.49. The van der Waals surface area contributed by atoms with E-state index < -0.39 is 0 Å². The van der Waals surface area contributed by atoms with Crippen LogP contribution in [0.3, 0.4) is 0 Å². The van der Waals surface area contributed by atoms with E-state index in [2.05, 4.69) is 4.90 Å². The van der Waals surface area contributed by atoms with Gasteiger partial charge < -0.3 is 9.64 Å². The first-order chi connectivity index (χ1) is 14.2. The van der Waals surface area contributed by atoms with E-state index in [9.17, 15) is 9.59 Å². The van der Waals surface area contributed by atoms with Crippen LogP contribution in [0.5, 0.6) is 11.5 Å². The number of Topliss-reactive ketones (excluding diaryl/α,β-unsaturated/α-hetero) is 1. The summed E-state index contributed by atoms with van der Waals surface area (Å²) in [5.41, 5.74) is 0.555. The minimum atomic E-state index is -0.0410. The maximum Gasteiger partial charge on any atom is 0.257 e. The molecule has 4 rings (SSSR count). The summed E-state index contributed by atoms with van der Waals surface area (Å²) in [6.07, 6.45) is 0. The minimum Gasteiger partial charge on any atom is -0.457 e. The van der Waals surface area contributed by atoms with Gasteiger partial charge in [-0.15, -0.1) is 11.3 Å². The second-order valence-corrected chi connectivity index (χ2v) is 7.83. The van der Waals surface area contributed by atoms with E-state index in [4.69, 9.17) is 4.74 Å². The zero-order chi connectivity index (χ0) is 20.1. The molecule has 5 nitrogen and oxygen atoms in total. The lowest BCUT2D eigenvalue weighted by Gasteiger charge is -2.34. The van der Waals surface area contributed by atoms with Gasteiger partial charge in [-0.2, -0.15) is 0 Å². The summed E-state index contributed by atoms with van der Waals surface area (Å²) in [4.78, 5) is 30.1. The average Bonchev–Trinajstić information content (AvgIpc) is 3.30. The Kier molecular flexibility index (Phi) is 6.03. The standard InChI is InChI=1S/C23H22N2O3S/c26-20(22-11-6-16-29-22)17-24-12-14-25(15-13-24)23(27)19-9-4-5-10-21(19)28-18-7-2-1-3-8-18/h1-11,16H,12-15,17H2. The first kappa shape index (κ1) is 19.4. The summed E-state index contributed by atoms with van der Waals surface area (Å²) >= 11 is 1.47. The number of rotatable bonds is 6. The summed E-state index contributed by atoms with van der Waals surface area (Å²) < 4.78 is 5.94. The lowest BCUT2D eigenvalue weighted by molar-refractivity contribution is 0.0623. The number of ether oxygens (including phenoxy) is 1. The molecule has 0 spiro atoms.